The number of hydrogen-bond donors (Lipinski definition) is 0. The molecule has 1 rings (SSSR count). The van der Waals surface area contributed by atoms with Gasteiger partial charge in [0.05, 0.1) is 12.7 Å². The first-order valence-corrected chi connectivity index (χ1v) is 4.24. The second kappa shape index (κ2) is 4.74. The minimum atomic E-state index is -4.93. The molecule has 0 atom stereocenters. The van der Waals surface area contributed by atoms with Crippen LogP contribution in [0.5, 0.6) is 11.5 Å². The van der Waals surface area contributed by atoms with Gasteiger partial charge in [-0.15, -0.1) is 13.2 Å². The highest BCUT2D eigenvalue weighted by Gasteiger charge is 2.33. The molecule has 0 aromatic heterocycles. The van der Waals surface area contributed by atoms with Crippen molar-refractivity contribution in [3.63, 3.8) is 0 Å². The van der Waals surface area contributed by atoms with E-state index in [0.717, 1.165) is 19.2 Å². The van der Waals surface area contributed by atoms with Gasteiger partial charge in [0.2, 0.25) is 0 Å². The van der Waals surface area contributed by atoms with E-state index in [9.17, 15) is 18.0 Å². The lowest BCUT2D eigenvalue weighted by Gasteiger charge is -2.13. The van der Waals surface area contributed by atoms with Crippen LogP contribution in [-0.4, -0.2) is 19.8 Å². The summed E-state index contributed by atoms with van der Waals surface area (Å²) in [5.41, 5.74) is -0.321. The number of carbonyl (C=O) groups excluding carboxylic acids is 1. The molecule has 0 heterocycles. The van der Waals surface area contributed by atoms with Crippen molar-refractivity contribution < 1.29 is 27.4 Å². The molecule has 0 saturated heterocycles. The maximum absolute atomic E-state index is 12.1. The fourth-order valence-electron chi connectivity index (χ4n) is 1.19. The van der Waals surface area contributed by atoms with Gasteiger partial charge in [-0.1, -0.05) is 0 Å². The second-order valence-electron chi connectivity index (χ2n) is 2.88. The highest BCUT2D eigenvalue weighted by Crippen LogP contribution is 2.35. The van der Waals surface area contributed by atoms with Crippen LogP contribution >= 0.6 is 0 Å². The van der Waals surface area contributed by atoms with Crippen molar-refractivity contribution in [1.29, 1.82) is 5.26 Å². The largest absolute Gasteiger partial charge is 0.573 e. The average Bonchev–Trinajstić information content (AvgIpc) is 2.25. The van der Waals surface area contributed by atoms with Crippen LogP contribution in [-0.2, 0) is 0 Å². The van der Waals surface area contributed by atoms with Crippen LogP contribution in [0.15, 0.2) is 12.1 Å². The van der Waals surface area contributed by atoms with Crippen LogP contribution in [0.2, 0.25) is 0 Å². The monoisotopic (exact) mass is 245 g/mol. The first kappa shape index (κ1) is 12.8. The number of nitrogens with zero attached hydrogens (tertiary/aromatic N) is 1. The Morgan fingerprint density at radius 2 is 2.06 bits per heavy atom. The highest BCUT2D eigenvalue weighted by atomic mass is 19.4. The summed E-state index contributed by atoms with van der Waals surface area (Å²) in [5, 5.41) is 8.71. The van der Waals surface area contributed by atoms with Gasteiger partial charge in [0.1, 0.15) is 12.4 Å². The van der Waals surface area contributed by atoms with E-state index in [-0.39, 0.29) is 16.9 Å². The van der Waals surface area contributed by atoms with Gasteiger partial charge in [0.15, 0.2) is 11.5 Å². The molecule has 0 bridgehead atoms. The van der Waals surface area contributed by atoms with E-state index in [1.165, 1.54) is 0 Å². The SMILES string of the molecule is COc1c(C#N)cc(C=O)cc1OC(F)(F)F. The smallest absolute Gasteiger partial charge is 0.492 e. The van der Waals surface area contributed by atoms with Crippen LogP contribution in [0.1, 0.15) is 15.9 Å². The molecule has 4 nitrogen and oxygen atoms in total. The number of alkyl halides is 3. The minimum absolute atomic E-state index is 0.110. The number of nitriles is 1. The molecule has 17 heavy (non-hydrogen) atoms. The Hall–Kier alpha value is -2.23. The summed E-state index contributed by atoms with van der Waals surface area (Å²) in [6, 6.07) is 3.57. The maximum atomic E-state index is 12.1. The number of hydrogen-bond acceptors (Lipinski definition) is 4. The molecule has 7 heteroatoms. The fourth-order valence-corrected chi connectivity index (χ4v) is 1.19. The first-order chi connectivity index (χ1) is 7.91. The summed E-state index contributed by atoms with van der Waals surface area (Å²) in [4.78, 5) is 10.5. The average molecular weight is 245 g/mol. The van der Waals surface area contributed by atoms with Crippen molar-refractivity contribution in [2.24, 2.45) is 0 Å². The minimum Gasteiger partial charge on any atom is -0.492 e. The van der Waals surface area contributed by atoms with Gasteiger partial charge in [-0.3, -0.25) is 4.79 Å². The van der Waals surface area contributed by atoms with E-state index in [2.05, 4.69) is 9.47 Å². The van der Waals surface area contributed by atoms with Gasteiger partial charge in [-0.2, -0.15) is 5.26 Å². The molecule has 0 fully saturated rings. The summed E-state index contributed by atoms with van der Waals surface area (Å²) < 4.78 is 44.6. The zero-order chi connectivity index (χ0) is 13.1. The van der Waals surface area contributed by atoms with Gasteiger partial charge in [-0.25, -0.2) is 0 Å². The van der Waals surface area contributed by atoms with E-state index >= 15 is 0 Å². The number of rotatable bonds is 3. The molecule has 0 aliphatic heterocycles. The zero-order valence-electron chi connectivity index (χ0n) is 8.54. The molecule has 0 unspecified atom stereocenters. The number of aldehydes is 1. The predicted octanol–water partition coefficient (Wildman–Crippen LogP) is 2.28. The molecule has 90 valence electrons. The topological polar surface area (TPSA) is 59.3 Å². The highest BCUT2D eigenvalue weighted by molar-refractivity contribution is 5.78. The summed E-state index contributed by atoms with van der Waals surface area (Å²) >= 11 is 0. The standard InChI is InChI=1S/C10H6F3NO3/c1-16-9-7(4-14)2-6(5-15)3-8(9)17-10(11,12)13/h2-3,5H,1H3. The van der Waals surface area contributed by atoms with Crippen molar-refractivity contribution in [3.05, 3.63) is 23.3 Å². The Morgan fingerprint density at radius 3 is 2.47 bits per heavy atom. The van der Waals surface area contributed by atoms with E-state index in [4.69, 9.17) is 5.26 Å². The molecule has 0 N–H and O–H groups in total. The molecule has 1 aromatic carbocycles. The van der Waals surface area contributed by atoms with Gasteiger partial charge in [-0.05, 0) is 12.1 Å². The van der Waals surface area contributed by atoms with Gasteiger partial charge >= 0.3 is 6.36 Å². The quantitative estimate of drug-likeness (QED) is 0.766. The summed E-state index contributed by atoms with van der Waals surface area (Å²) in [6.07, 6.45) is -4.62. The Morgan fingerprint density at radius 1 is 1.41 bits per heavy atom. The van der Waals surface area contributed by atoms with Gasteiger partial charge in [0, 0.05) is 5.56 Å². The lowest BCUT2D eigenvalue weighted by Crippen LogP contribution is -2.18. The lowest BCUT2D eigenvalue weighted by molar-refractivity contribution is -0.275. The molecule has 0 aliphatic carbocycles. The van der Waals surface area contributed by atoms with E-state index in [0.29, 0.717) is 6.29 Å². The van der Waals surface area contributed by atoms with E-state index in [1.54, 1.807) is 6.07 Å². The number of benzene rings is 1. The van der Waals surface area contributed by atoms with Crippen molar-refractivity contribution >= 4 is 6.29 Å². The summed E-state index contributed by atoms with van der Waals surface area (Å²) in [7, 11) is 1.10. The Balaban J connectivity index is 3.35. The third-order valence-electron chi connectivity index (χ3n) is 1.76. The van der Waals surface area contributed by atoms with Gasteiger partial charge < -0.3 is 9.47 Å². The molecular formula is C10H6F3NO3. The van der Waals surface area contributed by atoms with Crippen LogP contribution in [0, 0.1) is 11.3 Å². The first-order valence-electron chi connectivity index (χ1n) is 4.24. The summed E-state index contributed by atoms with van der Waals surface area (Å²) in [5.74, 6) is -1.09. The summed E-state index contributed by atoms with van der Waals surface area (Å²) in [6.45, 7) is 0. The molecule has 0 radical (unpaired) electrons. The maximum Gasteiger partial charge on any atom is 0.573 e. The van der Waals surface area contributed by atoms with E-state index in [1.807, 2.05) is 0 Å². The predicted molar refractivity (Wildman–Crippen MR) is 49.8 cm³/mol. The molecule has 0 aliphatic rings. The Kier molecular flexibility index (Phi) is 3.58. The molecule has 0 saturated carbocycles. The molecule has 1 aromatic rings. The van der Waals surface area contributed by atoms with Crippen molar-refractivity contribution in [2.45, 2.75) is 6.36 Å². The number of methoxy groups -OCH3 is 1. The molecule has 0 spiro atoms. The number of ether oxygens (including phenoxy) is 2. The van der Waals surface area contributed by atoms with Crippen molar-refractivity contribution in [3.8, 4) is 17.6 Å². The second-order valence-corrected chi connectivity index (χ2v) is 2.88. The Labute approximate surface area is 94.2 Å². The lowest BCUT2D eigenvalue weighted by atomic mass is 10.1. The van der Waals surface area contributed by atoms with E-state index < -0.39 is 12.1 Å². The fraction of sp³-hybridized carbons (Fsp3) is 0.200. The van der Waals surface area contributed by atoms with Gasteiger partial charge in [0.25, 0.3) is 0 Å². The third-order valence-corrected chi connectivity index (χ3v) is 1.76. The Bertz CT molecular complexity index is 477. The zero-order valence-corrected chi connectivity index (χ0v) is 8.54. The van der Waals surface area contributed by atoms with Crippen molar-refractivity contribution in [1.82, 2.24) is 0 Å². The van der Waals surface area contributed by atoms with Crippen molar-refractivity contribution in [2.75, 3.05) is 7.11 Å². The van der Waals surface area contributed by atoms with Crippen LogP contribution in [0.3, 0.4) is 0 Å². The number of carbonyl (C=O) groups is 1. The van der Waals surface area contributed by atoms with Crippen LogP contribution in [0.4, 0.5) is 13.2 Å². The van der Waals surface area contributed by atoms with Crippen LogP contribution in [0.25, 0.3) is 0 Å². The molecule has 0 amide bonds. The normalized spacial score (nSPS) is 10.5. The van der Waals surface area contributed by atoms with Crippen LogP contribution < -0.4 is 9.47 Å². The molecular weight excluding hydrogens is 239 g/mol. The number of halogens is 3. The third kappa shape index (κ3) is 3.11.